The lowest BCUT2D eigenvalue weighted by Crippen LogP contribution is -2.30. The second-order valence-corrected chi connectivity index (χ2v) is 7.14. The van der Waals surface area contributed by atoms with Crippen molar-refractivity contribution >= 4 is 17.6 Å². The number of nitrogens with zero attached hydrogens (tertiary/aromatic N) is 2. The summed E-state index contributed by atoms with van der Waals surface area (Å²) in [6.45, 7) is 7.37. The van der Waals surface area contributed by atoms with Crippen LogP contribution in [0, 0.1) is 20.8 Å². The number of rotatable bonds is 6. The summed E-state index contributed by atoms with van der Waals surface area (Å²) in [6, 6.07) is 13.3. The summed E-state index contributed by atoms with van der Waals surface area (Å²) in [5, 5.41) is 7.12. The molecule has 1 atom stereocenters. The molecule has 0 saturated heterocycles. The molecule has 1 heterocycles. The molecule has 1 amide bonds. The largest absolute Gasteiger partial charge is 0.493 e. The van der Waals surface area contributed by atoms with E-state index in [0.717, 1.165) is 28.1 Å². The zero-order valence-electron chi connectivity index (χ0n) is 17.7. The van der Waals surface area contributed by atoms with Crippen molar-refractivity contribution < 1.29 is 19.1 Å². The molecule has 0 bridgehead atoms. The van der Waals surface area contributed by atoms with Crippen LogP contribution in [0.2, 0.25) is 0 Å². The minimum Gasteiger partial charge on any atom is -0.493 e. The highest BCUT2D eigenvalue weighted by molar-refractivity contribution is 5.98. The minimum atomic E-state index is -1.01. The van der Waals surface area contributed by atoms with Crippen LogP contribution in [0.1, 0.15) is 34.1 Å². The Morgan fingerprint density at radius 2 is 1.70 bits per heavy atom. The summed E-state index contributed by atoms with van der Waals surface area (Å²) in [4.78, 5) is 25.3. The van der Waals surface area contributed by atoms with E-state index in [-0.39, 0.29) is 11.4 Å². The first-order chi connectivity index (χ1) is 14.3. The summed E-state index contributed by atoms with van der Waals surface area (Å²) in [7, 11) is 1.45. The van der Waals surface area contributed by atoms with Crippen LogP contribution in [-0.2, 0) is 9.53 Å². The van der Waals surface area contributed by atoms with Gasteiger partial charge in [0.05, 0.1) is 19.0 Å². The normalized spacial score (nSPS) is 11.6. The molecular weight excluding hydrogens is 382 g/mol. The number of benzene rings is 2. The highest BCUT2D eigenvalue weighted by atomic mass is 16.6. The molecule has 0 aliphatic heterocycles. The third-order valence-corrected chi connectivity index (χ3v) is 4.69. The Balaban J connectivity index is 1.74. The van der Waals surface area contributed by atoms with Crippen molar-refractivity contribution in [2.75, 3.05) is 12.4 Å². The Labute approximate surface area is 175 Å². The number of hydrogen-bond acceptors (Lipinski definition) is 5. The van der Waals surface area contributed by atoms with Gasteiger partial charge in [0, 0.05) is 5.69 Å². The fourth-order valence-corrected chi connectivity index (χ4v) is 3.23. The van der Waals surface area contributed by atoms with Gasteiger partial charge in [-0.3, -0.25) is 4.79 Å². The number of aryl methyl sites for hydroxylation is 3. The maximum Gasteiger partial charge on any atom is 0.363 e. The van der Waals surface area contributed by atoms with Gasteiger partial charge in [-0.1, -0.05) is 35.9 Å². The number of hydrogen-bond donors (Lipinski definition) is 1. The van der Waals surface area contributed by atoms with E-state index in [0.29, 0.717) is 0 Å². The third kappa shape index (κ3) is 4.51. The van der Waals surface area contributed by atoms with Gasteiger partial charge in [0.25, 0.3) is 5.91 Å². The topological polar surface area (TPSA) is 82.5 Å². The van der Waals surface area contributed by atoms with Crippen molar-refractivity contribution in [3.05, 3.63) is 71.0 Å². The second-order valence-electron chi connectivity index (χ2n) is 7.14. The Morgan fingerprint density at radius 3 is 2.30 bits per heavy atom. The van der Waals surface area contributed by atoms with Gasteiger partial charge in [0.15, 0.2) is 11.9 Å². The van der Waals surface area contributed by atoms with E-state index in [4.69, 9.17) is 9.47 Å². The van der Waals surface area contributed by atoms with Crippen molar-refractivity contribution in [3.63, 3.8) is 0 Å². The lowest BCUT2D eigenvalue weighted by Gasteiger charge is -2.16. The summed E-state index contributed by atoms with van der Waals surface area (Å²) in [5.74, 6) is -0.886. The van der Waals surface area contributed by atoms with Crippen molar-refractivity contribution in [1.29, 1.82) is 0 Å². The van der Waals surface area contributed by atoms with Gasteiger partial charge in [-0.05, 0) is 51.0 Å². The van der Waals surface area contributed by atoms with Crippen LogP contribution in [0.3, 0.4) is 0 Å². The first-order valence-corrected chi connectivity index (χ1v) is 9.59. The standard InChI is InChI=1S/C23H25N3O4/c1-14-11-15(2)20(16(3)12-14)24-22(27)17(4)30-23(28)21-19(29-5)13-26(25-21)18-9-7-6-8-10-18/h6-13,17H,1-5H3,(H,24,27)/t17-/m1/s1. The molecule has 1 aromatic heterocycles. The molecule has 0 spiro atoms. The first-order valence-electron chi connectivity index (χ1n) is 9.59. The maximum absolute atomic E-state index is 12.7. The smallest absolute Gasteiger partial charge is 0.363 e. The Kier molecular flexibility index (Phi) is 6.20. The van der Waals surface area contributed by atoms with E-state index in [2.05, 4.69) is 10.4 Å². The molecule has 0 aliphatic carbocycles. The summed E-state index contributed by atoms with van der Waals surface area (Å²) >= 11 is 0. The van der Waals surface area contributed by atoms with Gasteiger partial charge in [0.2, 0.25) is 5.69 Å². The number of esters is 1. The van der Waals surface area contributed by atoms with E-state index in [9.17, 15) is 9.59 Å². The van der Waals surface area contributed by atoms with Crippen LogP contribution in [-0.4, -0.2) is 34.9 Å². The number of para-hydroxylation sites is 1. The molecule has 0 saturated carbocycles. The van der Waals surface area contributed by atoms with E-state index < -0.39 is 18.0 Å². The van der Waals surface area contributed by atoms with Crippen LogP contribution in [0.25, 0.3) is 5.69 Å². The Morgan fingerprint density at radius 1 is 1.07 bits per heavy atom. The monoisotopic (exact) mass is 407 g/mol. The van der Waals surface area contributed by atoms with E-state index >= 15 is 0 Å². The number of carbonyl (C=O) groups is 2. The maximum atomic E-state index is 12.7. The number of amides is 1. The van der Waals surface area contributed by atoms with E-state index in [1.54, 1.807) is 6.20 Å². The molecule has 3 rings (SSSR count). The number of anilines is 1. The molecular formula is C23H25N3O4. The second kappa shape index (κ2) is 8.82. The summed E-state index contributed by atoms with van der Waals surface area (Å²) in [5.41, 5.74) is 4.50. The van der Waals surface area contributed by atoms with Crippen molar-refractivity contribution in [1.82, 2.24) is 9.78 Å². The van der Waals surface area contributed by atoms with Crippen LogP contribution >= 0.6 is 0 Å². The fraction of sp³-hybridized carbons (Fsp3) is 0.261. The molecule has 7 nitrogen and oxygen atoms in total. The SMILES string of the molecule is COc1cn(-c2ccccc2)nc1C(=O)O[C@H](C)C(=O)Nc1c(C)cc(C)cc1C. The van der Waals surface area contributed by atoms with Gasteiger partial charge < -0.3 is 14.8 Å². The Hall–Kier alpha value is -3.61. The average molecular weight is 407 g/mol. The van der Waals surface area contributed by atoms with Crippen LogP contribution < -0.4 is 10.1 Å². The van der Waals surface area contributed by atoms with Crippen molar-refractivity contribution in [3.8, 4) is 11.4 Å². The van der Waals surface area contributed by atoms with Crippen LogP contribution in [0.4, 0.5) is 5.69 Å². The summed E-state index contributed by atoms with van der Waals surface area (Å²) < 4.78 is 12.2. The molecule has 0 fully saturated rings. The lowest BCUT2D eigenvalue weighted by molar-refractivity contribution is -0.123. The molecule has 0 unspecified atom stereocenters. The van der Waals surface area contributed by atoms with Crippen LogP contribution in [0.15, 0.2) is 48.7 Å². The number of aromatic nitrogens is 2. The van der Waals surface area contributed by atoms with Gasteiger partial charge in [-0.2, -0.15) is 5.10 Å². The van der Waals surface area contributed by atoms with Gasteiger partial charge in [0.1, 0.15) is 0 Å². The highest BCUT2D eigenvalue weighted by Gasteiger charge is 2.25. The number of methoxy groups -OCH3 is 1. The van der Waals surface area contributed by atoms with Gasteiger partial charge >= 0.3 is 5.97 Å². The molecule has 7 heteroatoms. The molecule has 0 aliphatic rings. The average Bonchev–Trinajstić information content (AvgIpc) is 3.15. The fourth-order valence-electron chi connectivity index (χ4n) is 3.23. The number of nitrogens with one attached hydrogen (secondary N) is 1. The first kappa shape index (κ1) is 21.1. The van der Waals surface area contributed by atoms with Gasteiger partial charge in [-0.25, -0.2) is 9.48 Å². The molecule has 2 aromatic carbocycles. The Bertz CT molecular complexity index is 1050. The number of ether oxygens (including phenoxy) is 2. The van der Waals surface area contributed by atoms with Crippen LogP contribution in [0.5, 0.6) is 5.75 Å². The molecule has 3 aromatic rings. The quantitative estimate of drug-likeness (QED) is 0.625. The molecule has 156 valence electrons. The zero-order valence-corrected chi connectivity index (χ0v) is 17.7. The molecule has 1 N–H and O–H groups in total. The predicted molar refractivity (Wildman–Crippen MR) is 114 cm³/mol. The third-order valence-electron chi connectivity index (χ3n) is 4.69. The lowest BCUT2D eigenvalue weighted by atomic mass is 10.0. The van der Waals surface area contributed by atoms with Crippen molar-refractivity contribution in [2.24, 2.45) is 0 Å². The van der Waals surface area contributed by atoms with Gasteiger partial charge in [-0.15, -0.1) is 0 Å². The zero-order chi connectivity index (χ0) is 21.8. The van der Waals surface area contributed by atoms with E-state index in [1.165, 1.54) is 18.7 Å². The molecule has 30 heavy (non-hydrogen) atoms. The summed E-state index contributed by atoms with van der Waals surface area (Å²) in [6.07, 6.45) is 0.583. The van der Waals surface area contributed by atoms with Crippen molar-refractivity contribution in [2.45, 2.75) is 33.8 Å². The van der Waals surface area contributed by atoms with E-state index in [1.807, 2.05) is 63.2 Å². The number of carbonyl (C=O) groups excluding carboxylic acids is 2. The predicted octanol–water partition coefficient (Wildman–Crippen LogP) is 3.99. The highest BCUT2D eigenvalue weighted by Crippen LogP contribution is 2.23. The minimum absolute atomic E-state index is 0.00343. The molecule has 0 radical (unpaired) electrons.